The van der Waals surface area contributed by atoms with Gasteiger partial charge in [0.05, 0.1) is 17.7 Å². The molecule has 0 aliphatic carbocycles. The molecule has 2 aromatic carbocycles. The summed E-state index contributed by atoms with van der Waals surface area (Å²) in [5, 5.41) is 4.89. The van der Waals surface area contributed by atoms with Gasteiger partial charge in [0.25, 0.3) is 5.91 Å². The number of para-hydroxylation sites is 1. The van der Waals surface area contributed by atoms with Crippen molar-refractivity contribution in [2.45, 2.75) is 20.3 Å². The van der Waals surface area contributed by atoms with E-state index in [2.05, 4.69) is 0 Å². The van der Waals surface area contributed by atoms with Crippen molar-refractivity contribution >= 4 is 40.3 Å². The Morgan fingerprint density at radius 1 is 1.18 bits per heavy atom. The maximum Gasteiger partial charge on any atom is 0.266 e. The largest absolute Gasteiger partial charge is 0.497 e. The van der Waals surface area contributed by atoms with Gasteiger partial charge in [-0.2, -0.15) is 5.10 Å². The summed E-state index contributed by atoms with van der Waals surface area (Å²) in [5.41, 5.74) is 4.61. The summed E-state index contributed by atoms with van der Waals surface area (Å²) in [6.45, 7) is 5.81. The van der Waals surface area contributed by atoms with Gasteiger partial charge >= 0.3 is 0 Å². The van der Waals surface area contributed by atoms with Crippen molar-refractivity contribution in [1.29, 1.82) is 0 Å². The molecule has 0 atom stereocenters. The number of thiocarbonyl (C=S) groups is 1. The van der Waals surface area contributed by atoms with Crippen molar-refractivity contribution in [1.82, 2.24) is 14.7 Å². The lowest BCUT2D eigenvalue weighted by Gasteiger charge is -2.13. The predicted molar refractivity (Wildman–Crippen MR) is 141 cm³/mol. The zero-order chi connectivity index (χ0) is 24.1. The molecule has 1 saturated heterocycles. The number of ether oxygens (including phenoxy) is 2. The summed E-state index contributed by atoms with van der Waals surface area (Å²) >= 11 is 6.83. The molecule has 34 heavy (non-hydrogen) atoms. The highest BCUT2D eigenvalue weighted by atomic mass is 32.2. The zero-order valence-corrected chi connectivity index (χ0v) is 21.1. The molecule has 1 aromatic heterocycles. The van der Waals surface area contributed by atoms with Crippen LogP contribution in [0.4, 0.5) is 0 Å². The van der Waals surface area contributed by atoms with Crippen molar-refractivity contribution in [2.75, 3.05) is 26.9 Å². The molecule has 1 amide bonds. The summed E-state index contributed by atoms with van der Waals surface area (Å²) in [6, 6.07) is 15.8. The first-order valence-electron chi connectivity index (χ1n) is 11.1. The Hall–Kier alpha value is -2.94. The standard InChI is InChI=1S/C26H27N3O3S2/c1-4-32-14-8-13-28-25(30)23(34-26(28)33)16-19-17-29(20-9-6-5-7-10-20)27-24(19)22-12-11-21(31-3)15-18(22)2/h5-7,9-12,15-17H,4,8,13-14H2,1-3H3/b23-16-. The highest BCUT2D eigenvalue weighted by Crippen LogP contribution is 2.36. The van der Waals surface area contributed by atoms with Crippen molar-refractivity contribution in [3.05, 3.63) is 70.8 Å². The minimum absolute atomic E-state index is 0.0728. The summed E-state index contributed by atoms with van der Waals surface area (Å²) in [6.07, 6.45) is 4.60. The number of amides is 1. The molecular weight excluding hydrogens is 466 g/mol. The van der Waals surface area contributed by atoms with Crippen LogP contribution in [0.2, 0.25) is 0 Å². The number of thioether (sulfide) groups is 1. The van der Waals surface area contributed by atoms with E-state index in [1.165, 1.54) is 11.8 Å². The van der Waals surface area contributed by atoms with Gasteiger partial charge in [-0.25, -0.2) is 4.68 Å². The first-order chi connectivity index (χ1) is 16.5. The Labute approximate surface area is 209 Å². The predicted octanol–water partition coefficient (Wildman–Crippen LogP) is 5.48. The highest BCUT2D eigenvalue weighted by molar-refractivity contribution is 8.26. The Bertz CT molecular complexity index is 1220. The first kappa shape index (κ1) is 24.2. The second kappa shape index (κ2) is 11.0. The minimum atomic E-state index is -0.0728. The number of methoxy groups -OCH3 is 1. The number of carbonyl (C=O) groups is 1. The zero-order valence-electron chi connectivity index (χ0n) is 19.5. The number of nitrogens with zero attached hydrogens (tertiary/aromatic N) is 3. The van der Waals surface area contributed by atoms with Crippen LogP contribution in [0.25, 0.3) is 23.0 Å². The van der Waals surface area contributed by atoms with E-state index in [0.29, 0.717) is 29.0 Å². The van der Waals surface area contributed by atoms with Gasteiger partial charge in [-0.15, -0.1) is 0 Å². The van der Waals surface area contributed by atoms with E-state index < -0.39 is 0 Å². The third-order valence-corrected chi connectivity index (χ3v) is 6.86. The quantitative estimate of drug-likeness (QED) is 0.223. The lowest BCUT2D eigenvalue weighted by molar-refractivity contribution is -0.122. The molecule has 4 rings (SSSR count). The van der Waals surface area contributed by atoms with Crippen molar-refractivity contribution in [2.24, 2.45) is 0 Å². The van der Waals surface area contributed by atoms with E-state index in [0.717, 1.165) is 40.2 Å². The number of aryl methyl sites for hydroxylation is 1. The van der Waals surface area contributed by atoms with E-state index in [4.69, 9.17) is 26.8 Å². The van der Waals surface area contributed by atoms with Gasteiger partial charge in [0.2, 0.25) is 0 Å². The van der Waals surface area contributed by atoms with Gasteiger partial charge < -0.3 is 9.47 Å². The van der Waals surface area contributed by atoms with Crippen LogP contribution in [0.15, 0.2) is 59.6 Å². The molecule has 0 N–H and O–H groups in total. The molecule has 0 bridgehead atoms. The Balaban J connectivity index is 1.71. The van der Waals surface area contributed by atoms with Crippen LogP contribution < -0.4 is 4.74 Å². The molecule has 0 radical (unpaired) electrons. The molecule has 0 spiro atoms. The molecule has 176 valence electrons. The summed E-state index contributed by atoms with van der Waals surface area (Å²) in [5.74, 6) is 0.717. The number of benzene rings is 2. The van der Waals surface area contributed by atoms with Gasteiger partial charge in [-0.1, -0.05) is 42.2 Å². The first-order valence-corrected chi connectivity index (χ1v) is 12.4. The molecule has 3 aromatic rings. The molecule has 0 unspecified atom stereocenters. The van der Waals surface area contributed by atoms with Crippen LogP contribution in [-0.2, 0) is 9.53 Å². The molecular formula is C26H27N3O3S2. The fourth-order valence-electron chi connectivity index (χ4n) is 3.75. The highest BCUT2D eigenvalue weighted by Gasteiger charge is 2.32. The molecule has 2 heterocycles. The molecule has 1 aliphatic rings. The average Bonchev–Trinajstić information content (AvgIpc) is 3.38. The number of hydrogen-bond donors (Lipinski definition) is 0. The van der Waals surface area contributed by atoms with E-state index >= 15 is 0 Å². The van der Waals surface area contributed by atoms with Crippen LogP contribution in [0.1, 0.15) is 24.5 Å². The fraction of sp³-hybridized carbons (Fsp3) is 0.269. The monoisotopic (exact) mass is 493 g/mol. The SMILES string of the molecule is CCOCCCN1C(=O)/C(=C/c2cn(-c3ccccc3)nc2-c2ccc(OC)cc2C)SC1=S. The fourth-order valence-corrected chi connectivity index (χ4v) is 5.05. The van der Waals surface area contributed by atoms with Crippen LogP contribution >= 0.6 is 24.0 Å². The van der Waals surface area contributed by atoms with Crippen LogP contribution in [0.3, 0.4) is 0 Å². The van der Waals surface area contributed by atoms with E-state index in [1.54, 1.807) is 12.0 Å². The Kier molecular flexibility index (Phi) is 7.82. The smallest absolute Gasteiger partial charge is 0.266 e. The van der Waals surface area contributed by atoms with Crippen LogP contribution in [0.5, 0.6) is 5.75 Å². The van der Waals surface area contributed by atoms with E-state index in [-0.39, 0.29) is 5.91 Å². The van der Waals surface area contributed by atoms with E-state index in [1.807, 2.05) is 79.3 Å². The van der Waals surface area contributed by atoms with Crippen LogP contribution in [-0.4, -0.2) is 51.8 Å². The average molecular weight is 494 g/mol. The summed E-state index contributed by atoms with van der Waals surface area (Å²) < 4.78 is 13.2. The van der Waals surface area contributed by atoms with Crippen molar-refractivity contribution in [3.8, 4) is 22.7 Å². The molecule has 1 aliphatic heterocycles. The number of aromatic nitrogens is 2. The number of carbonyl (C=O) groups excluding carboxylic acids is 1. The molecule has 1 fully saturated rings. The van der Waals surface area contributed by atoms with E-state index in [9.17, 15) is 4.79 Å². The molecule has 0 saturated carbocycles. The third kappa shape index (κ3) is 5.24. The maximum atomic E-state index is 13.1. The van der Waals surface area contributed by atoms with Gasteiger partial charge in [-0.05, 0) is 62.2 Å². The number of rotatable bonds is 9. The number of hydrogen-bond acceptors (Lipinski definition) is 6. The van der Waals surface area contributed by atoms with Crippen molar-refractivity contribution < 1.29 is 14.3 Å². The second-order valence-corrected chi connectivity index (χ2v) is 9.45. The third-order valence-electron chi connectivity index (χ3n) is 5.49. The molecule has 8 heteroatoms. The van der Waals surface area contributed by atoms with Gasteiger partial charge in [-0.3, -0.25) is 9.69 Å². The van der Waals surface area contributed by atoms with Gasteiger partial charge in [0.1, 0.15) is 15.8 Å². The summed E-state index contributed by atoms with van der Waals surface area (Å²) in [7, 11) is 1.65. The van der Waals surface area contributed by atoms with Gasteiger partial charge in [0.15, 0.2) is 0 Å². The lowest BCUT2D eigenvalue weighted by Crippen LogP contribution is -2.29. The van der Waals surface area contributed by atoms with Crippen molar-refractivity contribution in [3.63, 3.8) is 0 Å². The Morgan fingerprint density at radius 2 is 1.97 bits per heavy atom. The molecule has 6 nitrogen and oxygen atoms in total. The summed E-state index contributed by atoms with van der Waals surface area (Å²) in [4.78, 5) is 15.4. The normalized spacial score (nSPS) is 14.9. The second-order valence-electron chi connectivity index (χ2n) is 7.78. The maximum absolute atomic E-state index is 13.1. The Morgan fingerprint density at radius 3 is 2.68 bits per heavy atom. The minimum Gasteiger partial charge on any atom is -0.497 e. The van der Waals surface area contributed by atoms with Gasteiger partial charge in [0, 0.05) is 37.1 Å². The lowest BCUT2D eigenvalue weighted by atomic mass is 10.0. The topological polar surface area (TPSA) is 56.6 Å². The van der Waals surface area contributed by atoms with Crippen LogP contribution in [0, 0.1) is 6.92 Å².